The summed E-state index contributed by atoms with van der Waals surface area (Å²) >= 11 is 1.70. The maximum absolute atomic E-state index is 12.2. The van der Waals surface area contributed by atoms with Gasteiger partial charge in [-0.2, -0.15) is 0 Å². The van der Waals surface area contributed by atoms with Gasteiger partial charge < -0.3 is 10.6 Å². The number of nitrogens with one attached hydrogen (secondary N) is 2. The molecule has 0 saturated heterocycles. The van der Waals surface area contributed by atoms with Gasteiger partial charge in [0.05, 0.1) is 11.1 Å². The highest BCUT2D eigenvalue weighted by atomic mass is 32.1. The Kier molecular flexibility index (Phi) is 3.45. The molecule has 4 nitrogen and oxygen atoms in total. The van der Waals surface area contributed by atoms with E-state index in [1.54, 1.807) is 18.4 Å². The minimum absolute atomic E-state index is 0.0970. The minimum Gasteiger partial charge on any atom is -0.367 e. The van der Waals surface area contributed by atoms with Crippen molar-refractivity contribution >= 4 is 44.1 Å². The minimum atomic E-state index is -0.0970. The van der Waals surface area contributed by atoms with Gasteiger partial charge in [-0.3, -0.25) is 4.79 Å². The smallest absolute Gasteiger partial charge is 0.253 e. The summed E-state index contributed by atoms with van der Waals surface area (Å²) in [5.41, 5.74) is 1.40. The molecule has 4 rings (SSSR count). The van der Waals surface area contributed by atoms with Crippen LogP contribution in [0, 0.1) is 5.92 Å². The van der Waals surface area contributed by atoms with Gasteiger partial charge in [-0.05, 0) is 43.2 Å². The van der Waals surface area contributed by atoms with Gasteiger partial charge in [-0.15, -0.1) is 11.3 Å². The van der Waals surface area contributed by atoms with Gasteiger partial charge in [0.1, 0.15) is 5.82 Å². The van der Waals surface area contributed by atoms with Crippen molar-refractivity contribution in [3.8, 4) is 0 Å². The van der Waals surface area contributed by atoms with Crippen molar-refractivity contribution in [3.63, 3.8) is 0 Å². The molecular formula is C18H19N3OS. The predicted octanol–water partition coefficient (Wildman–Crippen LogP) is 4.02. The molecule has 2 heterocycles. The molecule has 1 atom stereocenters. The zero-order valence-electron chi connectivity index (χ0n) is 13.2. The Morgan fingerprint density at radius 3 is 2.87 bits per heavy atom. The lowest BCUT2D eigenvalue weighted by atomic mass is 10.1. The summed E-state index contributed by atoms with van der Waals surface area (Å²) in [5.74, 6) is 1.54. The topological polar surface area (TPSA) is 54.0 Å². The van der Waals surface area contributed by atoms with Gasteiger partial charge in [0.15, 0.2) is 0 Å². The molecule has 1 aliphatic rings. The highest BCUT2D eigenvalue weighted by Crippen LogP contribution is 2.38. The number of thiophene rings is 1. The first-order chi connectivity index (χ1) is 11.2. The molecule has 1 aromatic carbocycles. The summed E-state index contributed by atoms with van der Waals surface area (Å²) in [6, 6.07) is 8.33. The van der Waals surface area contributed by atoms with Crippen LogP contribution in [-0.2, 0) is 0 Å². The summed E-state index contributed by atoms with van der Waals surface area (Å²) in [6.45, 7) is 2.21. The molecule has 1 saturated carbocycles. The largest absolute Gasteiger partial charge is 0.367 e. The molecule has 1 fully saturated rings. The fourth-order valence-corrected chi connectivity index (χ4v) is 4.00. The van der Waals surface area contributed by atoms with E-state index in [1.807, 2.05) is 18.2 Å². The van der Waals surface area contributed by atoms with Crippen LogP contribution < -0.4 is 10.6 Å². The number of amides is 1. The van der Waals surface area contributed by atoms with E-state index in [0.717, 1.165) is 28.0 Å². The average molecular weight is 325 g/mol. The molecule has 2 aromatic heterocycles. The van der Waals surface area contributed by atoms with Gasteiger partial charge in [0, 0.05) is 28.6 Å². The van der Waals surface area contributed by atoms with E-state index in [1.165, 1.54) is 17.5 Å². The van der Waals surface area contributed by atoms with Gasteiger partial charge in [0.2, 0.25) is 0 Å². The number of anilines is 1. The van der Waals surface area contributed by atoms with Crippen molar-refractivity contribution in [2.24, 2.45) is 5.92 Å². The van der Waals surface area contributed by atoms with Crippen molar-refractivity contribution in [2.45, 2.75) is 25.8 Å². The molecule has 0 radical (unpaired) electrons. The van der Waals surface area contributed by atoms with E-state index in [9.17, 15) is 4.79 Å². The van der Waals surface area contributed by atoms with E-state index in [2.05, 4.69) is 29.0 Å². The molecule has 1 aliphatic carbocycles. The van der Waals surface area contributed by atoms with Crippen LogP contribution in [0.25, 0.3) is 21.0 Å². The van der Waals surface area contributed by atoms with E-state index < -0.39 is 0 Å². The summed E-state index contributed by atoms with van der Waals surface area (Å²) in [7, 11) is 1.65. The number of carbonyl (C=O) groups excluding carboxylic acids is 1. The number of carbonyl (C=O) groups is 1. The second-order valence-corrected chi connectivity index (χ2v) is 7.09. The molecule has 3 aromatic rings. The first kappa shape index (κ1) is 14.5. The Morgan fingerprint density at radius 1 is 1.30 bits per heavy atom. The third-order valence-corrected chi connectivity index (χ3v) is 5.54. The number of hydrogen-bond donors (Lipinski definition) is 2. The quantitative estimate of drug-likeness (QED) is 0.762. The summed E-state index contributed by atoms with van der Waals surface area (Å²) in [6.07, 6.45) is 2.58. The second-order valence-electron chi connectivity index (χ2n) is 6.18. The van der Waals surface area contributed by atoms with E-state index in [0.29, 0.717) is 11.6 Å². The Balaban J connectivity index is 1.93. The molecule has 1 amide bonds. The summed E-state index contributed by atoms with van der Waals surface area (Å²) in [4.78, 5) is 17.0. The normalized spacial score (nSPS) is 15.7. The van der Waals surface area contributed by atoms with Crippen LogP contribution in [0.15, 0.2) is 29.6 Å². The number of pyridine rings is 1. The van der Waals surface area contributed by atoms with E-state index in [4.69, 9.17) is 4.98 Å². The molecule has 5 heteroatoms. The molecule has 1 unspecified atom stereocenters. The number of rotatable bonds is 4. The van der Waals surface area contributed by atoms with Crippen molar-refractivity contribution in [2.75, 3.05) is 12.4 Å². The Hall–Kier alpha value is -2.14. The molecule has 2 N–H and O–H groups in total. The van der Waals surface area contributed by atoms with E-state index in [-0.39, 0.29) is 5.91 Å². The van der Waals surface area contributed by atoms with Crippen molar-refractivity contribution < 1.29 is 4.79 Å². The van der Waals surface area contributed by atoms with Crippen LogP contribution in [0.5, 0.6) is 0 Å². The highest BCUT2D eigenvalue weighted by molar-refractivity contribution is 7.18. The zero-order chi connectivity index (χ0) is 16.0. The fourth-order valence-electron chi connectivity index (χ4n) is 3.08. The third kappa shape index (κ3) is 2.45. The summed E-state index contributed by atoms with van der Waals surface area (Å²) in [5, 5.41) is 10.6. The second kappa shape index (κ2) is 5.49. The number of fused-ring (bicyclic) bond motifs is 3. The maximum atomic E-state index is 12.2. The van der Waals surface area contributed by atoms with Crippen molar-refractivity contribution in [1.82, 2.24) is 10.3 Å². The zero-order valence-corrected chi connectivity index (χ0v) is 14.0. The van der Waals surface area contributed by atoms with E-state index >= 15 is 0 Å². The van der Waals surface area contributed by atoms with Crippen molar-refractivity contribution in [1.29, 1.82) is 0 Å². The number of para-hydroxylation sites is 1. The average Bonchev–Trinajstić information content (AvgIpc) is 3.30. The molecule has 23 heavy (non-hydrogen) atoms. The molecule has 0 spiro atoms. The van der Waals surface area contributed by atoms with Crippen LogP contribution in [0.3, 0.4) is 0 Å². The summed E-state index contributed by atoms with van der Waals surface area (Å²) < 4.78 is 1.19. The monoisotopic (exact) mass is 325 g/mol. The number of benzene rings is 1. The standard InChI is InChI=1S/C18H19N3OS/c1-10(11-6-7-11)20-17-14-8-9-23-16(14)12-4-3-5-13(15(12)21-17)18(22)19-2/h3-5,8-11H,6-7H2,1-2H3,(H,19,22)(H,20,21). The van der Waals surface area contributed by atoms with Crippen LogP contribution >= 0.6 is 11.3 Å². The lowest BCUT2D eigenvalue weighted by molar-refractivity contribution is 0.0964. The van der Waals surface area contributed by atoms with Crippen LogP contribution in [0.4, 0.5) is 5.82 Å². The number of hydrogen-bond acceptors (Lipinski definition) is 4. The Labute approximate surface area is 138 Å². The SMILES string of the molecule is CNC(=O)c1cccc2c1nc(NC(C)C1CC1)c1ccsc12. The lowest BCUT2D eigenvalue weighted by Crippen LogP contribution is -2.20. The Bertz CT molecular complexity index is 898. The van der Waals surface area contributed by atoms with Gasteiger partial charge in [-0.1, -0.05) is 12.1 Å². The molecule has 0 bridgehead atoms. The van der Waals surface area contributed by atoms with Gasteiger partial charge >= 0.3 is 0 Å². The molecular weight excluding hydrogens is 306 g/mol. The van der Waals surface area contributed by atoms with Crippen LogP contribution in [-0.4, -0.2) is 24.0 Å². The Morgan fingerprint density at radius 2 is 2.13 bits per heavy atom. The highest BCUT2D eigenvalue weighted by Gasteiger charge is 2.28. The van der Waals surface area contributed by atoms with Crippen LogP contribution in [0.2, 0.25) is 0 Å². The first-order valence-corrected chi connectivity index (χ1v) is 8.85. The number of nitrogens with zero attached hydrogens (tertiary/aromatic N) is 1. The first-order valence-electron chi connectivity index (χ1n) is 7.97. The molecule has 0 aliphatic heterocycles. The lowest BCUT2D eigenvalue weighted by Gasteiger charge is -2.16. The predicted molar refractivity (Wildman–Crippen MR) is 96.3 cm³/mol. The number of aromatic nitrogens is 1. The fraction of sp³-hybridized carbons (Fsp3) is 0.333. The van der Waals surface area contributed by atoms with Gasteiger partial charge in [-0.25, -0.2) is 4.98 Å². The molecule has 118 valence electrons. The maximum Gasteiger partial charge on any atom is 0.253 e. The third-order valence-electron chi connectivity index (χ3n) is 4.59. The van der Waals surface area contributed by atoms with Crippen molar-refractivity contribution in [3.05, 3.63) is 35.2 Å². The van der Waals surface area contributed by atoms with Crippen LogP contribution in [0.1, 0.15) is 30.1 Å². The van der Waals surface area contributed by atoms with Gasteiger partial charge in [0.25, 0.3) is 5.91 Å².